The summed E-state index contributed by atoms with van der Waals surface area (Å²) in [4.78, 5) is 12.0. The van der Waals surface area contributed by atoms with Crippen molar-refractivity contribution >= 4 is 11.6 Å². The van der Waals surface area contributed by atoms with Crippen LogP contribution in [0.3, 0.4) is 0 Å². The molecule has 2 rings (SSSR count). The van der Waals surface area contributed by atoms with Gasteiger partial charge in [0.1, 0.15) is 0 Å². The lowest BCUT2D eigenvalue weighted by atomic mass is 9.99. The highest BCUT2D eigenvalue weighted by molar-refractivity contribution is 5.95. The van der Waals surface area contributed by atoms with Gasteiger partial charge in [0.2, 0.25) is 18.2 Å². The molecule has 2 aromatic rings. The van der Waals surface area contributed by atoms with Crippen LogP contribution in [-0.2, 0) is 4.79 Å². The van der Waals surface area contributed by atoms with E-state index >= 15 is 0 Å². The van der Waals surface area contributed by atoms with Crippen LogP contribution in [0, 0.1) is 5.92 Å². The standard InChI is InChI=1S/C14H18N4O2/c1-3-9(2)12(15)13(19)17-11-6-4-5-10(7-11)14-18-16-8-20-14/h4-9,12H,3,15H2,1-2H3,(H,17,19). The number of nitrogens with two attached hydrogens (primary N) is 1. The smallest absolute Gasteiger partial charge is 0.247 e. The first-order chi connectivity index (χ1) is 9.61. The van der Waals surface area contributed by atoms with E-state index in [0.29, 0.717) is 11.6 Å². The maximum atomic E-state index is 12.0. The number of hydrogen-bond acceptors (Lipinski definition) is 5. The van der Waals surface area contributed by atoms with Crippen molar-refractivity contribution in [2.75, 3.05) is 5.32 Å². The molecule has 2 unspecified atom stereocenters. The Kier molecular flexibility index (Phi) is 4.47. The highest BCUT2D eigenvalue weighted by Crippen LogP contribution is 2.20. The van der Waals surface area contributed by atoms with Crippen molar-refractivity contribution < 1.29 is 9.21 Å². The Morgan fingerprint density at radius 3 is 2.95 bits per heavy atom. The molecule has 0 saturated carbocycles. The van der Waals surface area contributed by atoms with Gasteiger partial charge in [-0.15, -0.1) is 10.2 Å². The van der Waals surface area contributed by atoms with Crippen LogP contribution < -0.4 is 11.1 Å². The molecule has 0 aliphatic heterocycles. The Bertz CT molecular complexity index is 568. The van der Waals surface area contributed by atoms with Gasteiger partial charge in [0.15, 0.2) is 0 Å². The fourth-order valence-electron chi connectivity index (χ4n) is 1.77. The van der Waals surface area contributed by atoms with Gasteiger partial charge < -0.3 is 15.5 Å². The van der Waals surface area contributed by atoms with Crippen LogP contribution in [0.4, 0.5) is 5.69 Å². The number of aromatic nitrogens is 2. The topological polar surface area (TPSA) is 94.0 Å². The Labute approximate surface area is 117 Å². The monoisotopic (exact) mass is 274 g/mol. The number of anilines is 1. The zero-order valence-corrected chi connectivity index (χ0v) is 11.5. The van der Waals surface area contributed by atoms with Crippen LogP contribution in [0.25, 0.3) is 11.5 Å². The lowest BCUT2D eigenvalue weighted by molar-refractivity contribution is -0.118. The summed E-state index contributed by atoms with van der Waals surface area (Å²) in [6, 6.07) is 6.68. The van der Waals surface area contributed by atoms with Crippen molar-refractivity contribution in [3.63, 3.8) is 0 Å². The largest absolute Gasteiger partial charge is 0.423 e. The van der Waals surface area contributed by atoms with Gasteiger partial charge in [-0.1, -0.05) is 26.3 Å². The molecule has 1 amide bonds. The third-order valence-electron chi connectivity index (χ3n) is 3.30. The molecule has 2 atom stereocenters. The lowest BCUT2D eigenvalue weighted by Crippen LogP contribution is -2.40. The third kappa shape index (κ3) is 3.21. The van der Waals surface area contributed by atoms with Crippen LogP contribution in [0.1, 0.15) is 20.3 Å². The van der Waals surface area contributed by atoms with E-state index in [4.69, 9.17) is 10.2 Å². The van der Waals surface area contributed by atoms with Gasteiger partial charge >= 0.3 is 0 Å². The highest BCUT2D eigenvalue weighted by atomic mass is 16.4. The molecule has 0 radical (unpaired) electrons. The molecule has 0 spiro atoms. The van der Waals surface area contributed by atoms with Crippen LogP contribution in [0.5, 0.6) is 0 Å². The molecule has 1 aromatic carbocycles. The summed E-state index contributed by atoms with van der Waals surface area (Å²) in [5, 5.41) is 10.3. The average Bonchev–Trinajstić information content (AvgIpc) is 3.00. The van der Waals surface area contributed by atoms with Crippen LogP contribution in [0.15, 0.2) is 35.1 Å². The fourth-order valence-corrected chi connectivity index (χ4v) is 1.77. The Morgan fingerprint density at radius 1 is 1.50 bits per heavy atom. The predicted octanol–water partition coefficient (Wildman–Crippen LogP) is 2.05. The molecule has 20 heavy (non-hydrogen) atoms. The van der Waals surface area contributed by atoms with Crippen LogP contribution in [-0.4, -0.2) is 22.1 Å². The van der Waals surface area contributed by atoms with E-state index in [0.717, 1.165) is 12.0 Å². The summed E-state index contributed by atoms with van der Waals surface area (Å²) < 4.78 is 5.12. The van der Waals surface area contributed by atoms with E-state index in [2.05, 4.69) is 15.5 Å². The van der Waals surface area contributed by atoms with E-state index < -0.39 is 6.04 Å². The molecular formula is C14H18N4O2. The third-order valence-corrected chi connectivity index (χ3v) is 3.30. The summed E-state index contributed by atoms with van der Waals surface area (Å²) in [6.07, 6.45) is 2.12. The van der Waals surface area contributed by atoms with E-state index in [1.54, 1.807) is 12.1 Å². The first-order valence-corrected chi connectivity index (χ1v) is 6.55. The zero-order valence-electron chi connectivity index (χ0n) is 11.5. The second-order valence-corrected chi connectivity index (χ2v) is 4.73. The number of carbonyl (C=O) groups is 1. The zero-order chi connectivity index (χ0) is 14.5. The van der Waals surface area contributed by atoms with E-state index in [1.165, 1.54) is 6.39 Å². The van der Waals surface area contributed by atoms with Crippen molar-refractivity contribution in [3.05, 3.63) is 30.7 Å². The number of nitrogens with zero attached hydrogens (tertiary/aromatic N) is 2. The van der Waals surface area contributed by atoms with E-state index in [-0.39, 0.29) is 11.8 Å². The van der Waals surface area contributed by atoms with Crippen molar-refractivity contribution in [2.24, 2.45) is 11.7 Å². The van der Waals surface area contributed by atoms with Crippen LogP contribution in [0.2, 0.25) is 0 Å². The summed E-state index contributed by atoms with van der Waals surface area (Å²) in [5.41, 5.74) is 7.30. The number of benzene rings is 1. The average molecular weight is 274 g/mol. The van der Waals surface area contributed by atoms with Crippen LogP contribution >= 0.6 is 0 Å². The second-order valence-electron chi connectivity index (χ2n) is 4.73. The molecule has 1 heterocycles. The molecule has 0 aliphatic carbocycles. The van der Waals surface area contributed by atoms with Gasteiger partial charge in [-0.25, -0.2) is 0 Å². The SMILES string of the molecule is CCC(C)C(N)C(=O)Nc1cccc(-c2nnco2)c1. The molecule has 1 aromatic heterocycles. The fraction of sp³-hybridized carbons (Fsp3) is 0.357. The minimum absolute atomic E-state index is 0.133. The Morgan fingerprint density at radius 2 is 2.30 bits per heavy atom. The quantitative estimate of drug-likeness (QED) is 0.870. The number of nitrogens with one attached hydrogen (secondary N) is 1. The Hall–Kier alpha value is -2.21. The summed E-state index contributed by atoms with van der Waals surface area (Å²) >= 11 is 0. The lowest BCUT2D eigenvalue weighted by Gasteiger charge is -2.17. The number of amides is 1. The Balaban J connectivity index is 2.10. The molecule has 6 heteroatoms. The van der Waals surface area contributed by atoms with Gasteiger partial charge in [0, 0.05) is 11.3 Å². The maximum absolute atomic E-state index is 12.0. The normalized spacial score (nSPS) is 13.8. The molecule has 0 saturated heterocycles. The van der Waals surface area contributed by atoms with Crippen molar-refractivity contribution in [1.29, 1.82) is 0 Å². The second kappa shape index (κ2) is 6.29. The van der Waals surface area contributed by atoms with Gasteiger partial charge in [0.05, 0.1) is 6.04 Å². The summed E-state index contributed by atoms with van der Waals surface area (Å²) in [7, 11) is 0. The molecule has 0 aliphatic rings. The summed E-state index contributed by atoms with van der Waals surface area (Å²) in [5.74, 6) is 0.350. The minimum atomic E-state index is -0.521. The number of rotatable bonds is 5. The van der Waals surface area contributed by atoms with Gasteiger partial charge in [-0.3, -0.25) is 4.79 Å². The first-order valence-electron chi connectivity index (χ1n) is 6.55. The number of hydrogen-bond donors (Lipinski definition) is 2. The predicted molar refractivity (Wildman–Crippen MR) is 75.8 cm³/mol. The van der Waals surface area contributed by atoms with Crippen molar-refractivity contribution in [1.82, 2.24) is 10.2 Å². The molecule has 106 valence electrons. The van der Waals surface area contributed by atoms with Crippen molar-refractivity contribution in [3.8, 4) is 11.5 Å². The maximum Gasteiger partial charge on any atom is 0.247 e. The van der Waals surface area contributed by atoms with Gasteiger partial charge in [-0.2, -0.15) is 0 Å². The minimum Gasteiger partial charge on any atom is -0.423 e. The molecule has 0 bridgehead atoms. The molecule has 6 nitrogen and oxygen atoms in total. The van der Waals surface area contributed by atoms with Gasteiger partial charge in [-0.05, 0) is 24.1 Å². The molecule has 0 fully saturated rings. The van der Waals surface area contributed by atoms with E-state index in [9.17, 15) is 4.79 Å². The van der Waals surface area contributed by atoms with Crippen molar-refractivity contribution in [2.45, 2.75) is 26.3 Å². The molecular weight excluding hydrogens is 256 g/mol. The summed E-state index contributed by atoms with van der Waals surface area (Å²) in [6.45, 7) is 3.97. The van der Waals surface area contributed by atoms with E-state index in [1.807, 2.05) is 26.0 Å². The molecule has 3 N–H and O–H groups in total. The number of carbonyl (C=O) groups excluding carboxylic acids is 1. The van der Waals surface area contributed by atoms with Gasteiger partial charge in [0.25, 0.3) is 0 Å². The highest BCUT2D eigenvalue weighted by Gasteiger charge is 2.19. The first kappa shape index (κ1) is 14.2.